The summed E-state index contributed by atoms with van der Waals surface area (Å²) in [6, 6.07) is 23.1. The molecule has 0 amide bonds. The average molecular weight is 786 g/mol. The van der Waals surface area contributed by atoms with Crippen LogP contribution in [0.2, 0.25) is 5.04 Å². The Bertz CT molecular complexity index is 1500. The Balaban J connectivity index is 0.00000600. The molecule has 3 aromatic rings. The van der Waals surface area contributed by atoms with Crippen molar-refractivity contribution in [3.8, 4) is 0 Å². The molecule has 0 spiro atoms. The van der Waals surface area contributed by atoms with E-state index >= 15 is 0 Å². The molecule has 0 radical (unpaired) electrons. The second kappa shape index (κ2) is 22.2. The smallest absolute Gasteiger partial charge is 1.00 e. The minimum absolute atomic E-state index is 0. The molecule has 0 aromatic heterocycles. The van der Waals surface area contributed by atoms with Crippen LogP contribution in [-0.2, 0) is 47.4 Å². The first-order valence-electron chi connectivity index (χ1n) is 18.7. The zero-order chi connectivity index (χ0) is 33.5. The molecule has 3 aromatic carbocycles. The van der Waals surface area contributed by atoms with Gasteiger partial charge in [-0.1, -0.05) is 158 Å². The number of allylic oxidation sites excluding steroid dienone is 4. The van der Waals surface area contributed by atoms with Gasteiger partial charge in [0.05, 0.1) is 0 Å². The van der Waals surface area contributed by atoms with Crippen LogP contribution in [0.25, 0.3) is 0 Å². The molecule has 1 aliphatic rings. The molecule has 5 heteroatoms. The molecule has 0 saturated heterocycles. The van der Waals surface area contributed by atoms with Crippen LogP contribution in [0, 0.1) is 19.9 Å². The van der Waals surface area contributed by atoms with Crippen LogP contribution in [0.3, 0.4) is 0 Å². The molecule has 0 saturated carbocycles. The van der Waals surface area contributed by atoms with Gasteiger partial charge in [-0.2, -0.15) is 11.1 Å². The van der Waals surface area contributed by atoms with E-state index in [9.17, 15) is 0 Å². The average Bonchev–Trinajstić information content (AvgIpc) is 3.23. The summed E-state index contributed by atoms with van der Waals surface area (Å²) in [6.45, 7) is 23.5. The minimum atomic E-state index is -2.78. The zero-order valence-corrected chi connectivity index (χ0v) is 37.6. The molecule has 0 aliphatic heterocycles. The second-order valence-corrected chi connectivity index (χ2v) is 18.9. The van der Waals surface area contributed by atoms with Gasteiger partial charge in [-0.3, -0.25) is 6.08 Å². The molecule has 0 nitrogen and oxygen atoms in total. The number of hydrogen-bond acceptors (Lipinski definition) is 0. The fourth-order valence-electron chi connectivity index (χ4n) is 8.32. The predicted octanol–water partition coefficient (Wildman–Crippen LogP) is 2.01. The molecule has 0 bridgehead atoms. The van der Waals surface area contributed by atoms with Gasteiger partial charge in [0.2, 0.25) is 0 Å². The quantitative estimate of drug-likeness (QED) is 0.0904. The molecular weight excluding hydrogens is 723 g/mol. The third-order valence-electron chi connectivity index (χ3n) is 11.1. The summed E-state index contributed by atoms with van der Waals surface area (Å²) in [5, 5.41) is 4.48. The van der Waals surface area contributed by atoms with Crippen LogP contribution in [-0.4, -0.2) is 8.07 Å². The molecule has 2 unspecified atom stereocenters. The Morgan fingerprint density at radius 3 is 1.30 bits per heavy atom. The Kier molecular flexibility index (Phi) is 21.8. The molecule has 272 valence electrons. The van der Waals surface area contributed by atoms with Gasteiger partial charge >= 0.3 is 21.7 Å². The van der Waals surface area contributed by atoms with Crippen molar-refractivity contribution < 1.29 is 58.9 Å². The second-order valence-electron chi connectivity index (χ2n) is 14.7. The van der Waals surface area contributed by atoms with Crippen molar-refractivity contribution in [3.05, 3.63) is 111 Å². The van der Waals surface area contributed by atoms with Crippen LogP contribution >= 0.6 is 0 Å². The van der Waals surface area contributed by atoms with Gasteiger partial charge in [0.25, 0.3) is 0 Å². The topological polar surface area (TPSA) is 0 Å². The van der Waals surface area contributed by atoms with E-state index in [4.69, 9.17) is 0 Å². The van der Waals surface area contributed by atoms with Gasteiger partial charge in [-0.05, 0) is 90.2 Å². The fourth-order valence-corrected chi connectivity index (χ4v) is 14.7. The number of benzene rings is 3. The van der Waals surface area contributed by atoms with Crippen LogP contribution in [0.5, 0.6) is 0 Å². The summed E-state index contributed by atoms with van der Waals surface area (Å²) < 4.78 is 0. The van der Waals surface area contributed by atoms with Crippen LogP contribution < -0.4 is 52.8 Å². The van der Waals surface area contributed by atoms with E-state index in [-0.39, 0.29) is 64.0 Å². The van der Waals surface area contributed by atoms with Crippen LogP contribution in [0.15, 0.2) is 71.3 Å². The first-order valence-corrected chi connectivity index (χ1v) is 20.7. The molecule has 2 atom stereocenters. The zero-order valence-electron chi connectivity index (χ0n) is 32.8. The Morgan fingerprint density at radius 1 is 0.520 bits per heavy atom. The largest absolute Gasteiger partial charge is 4.00 e. The van der Waals surface area contributed by atoms with Gasteiger partial charge in [-0.25, -0.2) is 5.57 Å². The number of rotatable bonds is 16. The summed E-state index contributed by atoms with van der Waals surface area (Å²) in [6.07, 6.45) is 19.1. The van der Waals surface area contributed by atoms with Crippen molar-refractivity contribution in [2.75, 3.05) is 0 Å². The van der Waals surface area contributed by atoms with E-state index in [2.05, 4.69) is 130 Å². The third kappa shape index (κ3) is 10.5. The Labute approximate surface area is 342 Å². The predicted molar refractivity (Wildman–Crippen MR) is 207 cm³/mol. The van der Waals surface area contributed by atoms with Gasteiger partial charge in [-0.15, -0.1) is 6.92 Å². The maximum absolute atomic E-state index is 4.24. The number of unbranched alkanes of at least 4 members (excludes halogenated alkanes) is 6. The number of aryl methyl sites for hydroxylation is 6. The van der Waals surface area contributed by atoms with Crippen molar-refractivity contribution in [2.24, 2.45) is 0 Å². The first kappa shape index (κ1) is 48.9. The number of hydrogen-bond donors (Lipinski definition) is 0. The molecule has 0 N–H and O–H groups in total. The fraction of sp³-hybridized carbons (Fsp3) is 0.511. The van der Waals surface area contributed by atoms with E-state index in [1.165, 1.54) is 108 Å². The van der Waals surface area contributed by atoms with Crippen molar-refractivity contribution >= 4 is 23.6 Å². The Hall–Kier alpha value is -1.06. The summed E-state index contributed by atoms with van der Waals surface area (Å²) in [4.78, 5) is 0. The molecule has 0 fully saturated rings. The number of halogens is 3. The summed E-state index contributed by atoms with van der Waals surface area (Å²) in [5.41, 5.74) is 13.0. The molecular formula is C45H63Cl3SiTi. The maximum Gasteiger partial charge on any atom is 4.00 e. The maximum atomic E-state index is 4.24. The molecule has 50 heavy (non-hydrogen) atoms. The third-order valence-corrected chi connectivity index (χ3v) is 16.6. The summed E-state index contributed by atoms with van der Waals surface area (Å²) in [7, 11) is -2.78. The first-order chi connectivity index (χ1) is 22.0. The molecule has 1 aliphatic carbocycles. The van der Waals surface area contributed by atoms with E-state index in [0.717, 1.165) is 12.8 Å². The van der Waals surface area contributed by atoms with Crippen LogP contribution in [0.4, 0.5) is 0 Å². The molecule has 4 rings (SSSR count). The molecule has 0 heterocycles. The van der Waals surface area contributed by atoms with Crippen LogP contribution in [0.1, 0.15) is 140 Å². The standard InChI is InChI=1S/C45H63Si.3ClH.Ti/c1-11-15-17-19-21-40-27-41(22-20-18-16-12-2)31-44(30-40)46(42-24-33(5)23-34(6)25-42,45(10)32-35(7)36(8)37(45)9)43-28-38(13-3)26-39(14-4)29-43;;;;/h23-31H,11-22H2,1-10H3;3*1H;/q-1;;;;+4/p-3. The van der Waals surface area contributed by atoms with Crippen molar-refractivity contribution in [3.63, 3.8) is 0 Å². The van der Waals surface area contributed by atoms with E-state index in [1.807, 2.05) is 0 Å². The monoisotopic (exact) mass is 784 g/mol. The summed E-state index contributed by atoms with van der Waals surface area (Å²) in [5.74, 6) is 0. The van der Waals surface area contributed by atoms with Crippen molar-refractivity contribution in [1.29, 1.82) is 0 Å². The van der Waals surface area contributed by atoms with E-state index in [1.54, 1.807) is 21.5 Å². The van der Waals surface area contributed by atoms with Crippen molar-refractivity contribution in [1.82, 2.24) is 0 Å². The normalized spacial score (nSPS) is 16.4. The SMILES string of the molecule is CCCCCCc1cc(CCCCCC)cc([Si](c2cc(C)cc(C)c2)(c2cc(CC)cc(CC)c2)C2(C)[C-]=C(C)C(C)=C2C)c1.[Cl-].[Cl-].[Cl-].[Ti+4]. The minimum Gasteiger partial charge on any atom is -1.00 e. The van der Waals surface area contributed by atoms with Crippen molar-refractivity contribution in [2.45, 2.75) is 151 Å². The van der Waals surface area contributed by atoms with E-state index < -0.39 is 8.07 Å². The van der Waals surface area contributed by atoms with Gasteiger partial charge in [0.15, 0.2) is 0 Å². The van der Waals surface area contributed by atoms with Gasteiger partial charge in [0.1, 0.15) is 8.07 Å². The van der Waals surface area contributed by atoms with Gasteiger partial charge < -0.3 is 37.2 Å². The van der Waals surface area contributed by atoms with E-state index in [0.29, 0.717) is 0 Å². The Morgan fingerprint density at radius 2 is 0.920 bits per heavy atom. The van der Waals surface area contributed by atoms with Gasteiger partial charge in [0, 0.05) is 0 Å². The summed E-state index contributed by atoms with van der Waals surface area (Å²) >= 11 is 0.